The van der Waals surface area contributed by atoms with Gasteiger partial charge in [0.05, 0.1) is 12.6 Å². The SMILES string of the molecule is CCNC(=NCc1cc(F)ccc1SC)NC1C2CCOC2C1(C)C. The first-order valence-electron chi connectivity index (χ1n) is 8.96. The van der Waals surface area contributed by atoms with Crippen molar-refractivity contribution < 1.29 is 9.13 Å². The van der Waals surface area contributed by atoms with Crippen LogP contribution in [-0.4, -0.2) is 37.5 Å². The largest absolute Gasteiger partial charge is 0.377 e. The second-order valence-electron chi connectivity index (χ2n) is 7.34. The number of nitrogens with zero attached hydrogens (tertiary/aromatic N) is 1. The van der Waals surface area contributed by atoms with Gasteiger partial charge in [0.1, 0.15) is 5.82 Å². The fraction of sp³-hybridized carbons (Fsp3) is 0.632. The first-order valence-corrected chi connectivity index (χ1v) is 10.2. The molecule has 3 atom stereocenters. The molecule has 1 saturated heterocycles. The van der Waals surface area contributed by atoms with Crippen molar-refractivity contribution in [2.75, 3.05) is 19.4 Å². The van der Waals surface area contributed by atoms with Crippen molar-refractivity contribution in [1.29, 1.82) is 0 Å². The molecule has 3 unspecified atom stereocenters. The third kappa shape index (κ3) is 3.65. The molecule has 0 radical (unpaired) electrons. The molecule has 1 heterocycles. The number of guanidine groups is 1. The van der Waals surface area contributed by atoms with E-state index in [-0.39, 0.29) is 11.2 Å². The van der Waals surface area contributed by atoms with Crippen molar-refractivity contribution in [2.24, 2.45) is 16.3 Å². The number of nitrogens with one attached hydrogen (secondary N) is 2. The van der Waals surface area contributed by atoms with Crippen molar-refractivity contribution in [1.82, 2.24) is 10.6 Å². The topological polar surface area (TPSA) is 45.7 Å². The Morgan fingerprint density at radius 1 is 1.44 bits per heavy atom. The molecular weight excluding hydrogens is 337 g/mol. The number of fused-ring (bicyclic) bond motifs is 1. The van der Waals surface area contributed by atoms with Crippen molar-refractivity contribution in [3.8, 4) is 0 Å². The summed E-state index contributed by atoms with van der Waals surface area (Å²) in [7, 11) is 0. The minimum absolute atomic E-state index is 0.0979. The maximum absolute atomic E-state index is 13.6. The molecule has 0 amide bonds. The first-order chi connectivity index (χ1) is 12.0. The van der Waals surface area contributed by atoms with Gasteiger partial charge < -0.3 is 15.4 Å². The van der Waals surface area contributed by atoms with Gasteiger partial charge in [-0.3, -0.25) is 0 Å². The molecule has 138 valence electrons. The molecule has 0 aromatic heterocycles. The summed E-state index contributed by atoms with van der Waals surface area (Å²) in [6.45, 7) is 8.66. The molecule has 1 aromatic rings. The second kappa shape index (κ2) is 7.54. The summed E-state index contributed by atoms with van der Waals surface area (Å²) < 4.78 is 19.4. The molecule has 2 aliphatic rings. The van der Waals surface area contributed by atoms with Crippen molar-refractivity contribution in [3.05, 3.63) is 29.6 Å². The van der Waals surface area contributed by atoms with Gasteiger partial charge in [-0.05, 0) is 43.4 Å². The quantitative estimate of drug-likeness (QED) is 0.477. The molecule has 1 saturated carbocycles. The zero-order chi connectivity index (χ0) is 18.0. The van der Waals surface area contributed by atoms with E-state index >= 15 is 0 Å². The van der Waals surface area contributed by atoms with Crippen LogP contribution in [0.1, 0.15) is 32.8 Å². The molecule has 6 heteroatoms. The number of aliphatic imine (C=N–C) groups is 1. The van der Waals surface area contributed by atoms with Crippen molar-refractivity contribution in [3.63, 3.8) is 0 Å². The van der Waals surface area contributed by atoms with Crippen LogP contribution < -0.4 is 10.6 Å². The van der Waals surface area contributed by atoms with E-state index in [2.05, 4.69) is 31.4 Å². The van der Waals surface area contributed by atoms with Gasteiger partial charge in [0.15, 0.2) is 5.96 Å². The Kier molecular flexibility index (Phi) is 5.58. The minimum atomic E-state index is -0.216. The third-order valence-electron chi connectivity index (χ3n) is 5.39. The maximum Gasteiger partial charge on any atom is 0.191 e. The summed E-state index contributed by atoms with van der Waals surface area (Å²) in [5, 5.41) is 6.92. The van der Waals surface area contributed by atoms with Crippen molar-refractivity contribution >= 4 is 17.7 Å². The number of hydrogen-bond donors (Lipinski definition) is 2. The van der Waals surface area contributed by atoms with Gasteiger partial charge in [-0.1, -0.05) is 13.8 Å². The second-order valence-corrected chi connectivity index (χ2v) is 8.19. The van der Waals surface area contributed by atoms with Crippen LogP contribution in [0.25, 0.3) is 0 Å². The van der Waals surface area contributed by atoms with E-state index in [1.165, 1.54) is 6.07 Å². The van der Waals surface area contributed by atoms with E-state index in [0.717, 1.165) is 36.0 Å². The lowest BCUT2D eigenvalue weighted by molar-refractivity contribution is -0.106. The Labute approximate surface area is 154 Å². The monoisotopic (exact) mass is 365 g/mol. The van der Waals surface area contributed by atoms with Crippen LogP contribution in [-0.2, 0) is 11.3 Å². The lowest BCUT2D eigenvalue weighted by atomic mass is 9.57. The molecule has 25 heavy (non-hydrogen) atoms. The maximum atomic E-state index is 13.6. The van der Waals surface area contributed by atoms with Gasteiger partial charge in [0.25, 0.3) is 0 Å². The van der Waals surface area contributed by atoms with E-state index < -0.39 is 0 Å². The van der Waals surface area contributed by atoms with Crippen LogP contribution in [0.4, 0.5) is 4.39 Å². The zero-order valence-electron chi connectivity index (χ0n) is 15.4. The Bertz CT molecular complexity index is 650. The van der Waals surface area contributed by atoms with Crippen LogP contribution in [0.5, 0.6) is 0 Å². The van der Waals surface area contributed by atoms with E-state index in [1.54, 1.807) is 17.8 Å². The number of benzene rings is 1. The number of rotatable bonds is 5. The van der Waals surface area contributed by atoms with Gasteiger partial charge in [-0.2, -0.15) is 0 Å². The number of halogens is 1. The predicted octanol–water partition coefficient (Wildman–Crippen LogP) is 3.42. The zero-order valence-corrected chi connectivity index (χ0v) is 16.3. The number of thioether (sulfide) groups is 1. The van der Waals surface area contributed by atoms with E-state index in [1.807, 2.05) is 12.3 Å². The van der Waals surface area contributed by atoms with Gasteiger partial charge in [0, 0.05) is 35.4 Å². The highest BCUT2D eigenvalue weighted by Gasteiger charge is 2.59. The molecule has 0 spiro atoms. The normalized spacial score (nSPS) is 27.6. The van der Waals surface area contributed by atoms with Gasteiger partial charge in [-0.15, -0.1) is 11.8 Å². The summed E-state index contributed by atoms with van der Waals surface area (Å²) in [5.74, 6) is 1.13. The highest BCUT2D eigenvalue weighted by atomic mass is 32.2. The van der Waals surface area contributed by atoms with Crippen LogP contribution >= 0.6 is 11.8 Å². The average Bonchev–Trinajstić information content (AvgIpc) is 3.04. The summed E-state index contributed by atoms with van der Waals surface area (Å²) in [5.41, 5.74) is 1.01. The Balaban J connectivity index is 1.73. The lowest BCUT2D eigenvalue weighted by Gasteiger charge is -2.54. The highest BCUT2D eigenvalue weighted by Crippen LogP contribution is 2.52. The lowest BCUT2D eigenvalue weighted by Crippen LogP contribution is -2.67. The van der Waals surface area contributed by atoms with Gasteiger partial charge in [0.2, 0.25) is 0 Å². The number of hydrogen-bond acceptors (Lipinski definition) is 3. The Morgan fingerprint density at radius 2 is 2.24 bits per heavy atom. The number of ether oxygens (including phenoxy) is 1. The molecule has 2 fully saturated rings. The summed E-state index contributed by atoms with van der Waals surface area (Å²) >= 11 is 1.62. The summed E-state index contributed by atoms with van der Waals surface area (Å²) in [4.78, 5) is 5.77. The third-order valence-corrected chi connectivity index (χ3v) is 6.22. The van der Waals surface area contributed by atoms with E-state index in [9.17, 15) is 4.39 Å². The molecule has 1 aliphatic carbocycles. The molecule has 4 nitrogen and oxygen atoms in total. The van der Waals surface area contributed by atoms with Gasteiger partial charge in [-0.25, -0.2) is 9.38 Å². The molecule has 3 rings (SSSR count). The van der Waals surface area contributed by atoms with Crippen molar-refractivity contribution in [2.45, 2.75) is 50.8 Å². The van der Waals surface area contributed by atoms with Crippen LogP contribution in [0.2, 0.25) is 0 Å². The first kappa shape index (κ1) is 18.5. The molecule has 1 aromatic carbocycles. The van der Waals surface area contributed by atoms with E-state index in [0.29, 0.717) is 24.6 Å². The minimum Gasteiger partial charge on any atom is -0.377 e. The fourth-order valence-electron chi connectivity index (χ4n) is 4.12. The predicted molar refractivity (Wildman–Crippen MR) is 102 cm³/mol. The Morgan fingerprint density at radius 3 is 2.96 bits per heavy atom. The summed E-state index contributed by atoms with van der Waals surface area (Å²) in [6.07, 6.45) is 3.45. The highest BCUT2D eigenvalue weighted by molar-refractivity contribution is 7.98. The summed E-state index contributed by atoms with van der Waals surface area (Å²) in [6, 6.07) is 5.25. The smallest absolute Gasteiger partial charge is 0.191 e. The molecule has 2 N–H and O–H groups in total. The molecular formula is C19H28FN3OS. The van der Waals surface area contributed by atoms with Crippen LogP contribution in [0.15, 0.2) is 28.1 Å². The average molecular weight is 366 g/mol. The molecule has 1 aliphatic heterocycles. The Hall–Kier alpha value is -1.27. The van der Waals surface area contributed by atoms with Crippen LogP contribution in [0.3, 0.4) is 0 Å². The van der Waals surface area contributed by atoms with E-state index in [4.69, 9.17) is 9.73 Å². The van der Waals surface area contributed by atoms with Gasteiger partial charge >= 0.3 is 0 Å². The standard InChI is InChI=1S/C19H28FN3OS/c1-5-21-18(22-11-12-10-13(20)6-7-15(12)25-4)23-16-14-8-9-24-17(14)19(16,2)3/h6-7,10,14,16-17H,5,8-9,11H2,1-4H3,(H2,21,22,23). The molecule has 0 bridgehead atoms. The fourth-order valence-corrected chi connectivity index (χ4v) is 4.71. The van der Waals surface area contributed by atoms with Crippen LogP contribution in [0, 0.1) is 17.2 Å².